The van der Waals surface area contributed by atoms with Crippen LogP contribution in [0.3, 0.4) is 0 Å². The monoisotopic (exact) mass is 408 g/mol. The average Bonchev–Trinajstić information content (AvgIpc) is 3.27. The number of carbonyl (C=O) groups excluding carboxylic acids is 1. The van der Waals surface area contributed by atoms with E-state index in [-0.39, 0.29) is 17.9 Å². The lowest BCUT2D eigenvalue weighted by Gasteiger charge is -2.10. The fourth-order valence-corrected chi connectivity index (χ4v) is 5.32. The van der Waals surface area contributed by atoms with Crippen LogP contribution in [0.15, 0.2) is 40.5 Å². The van der Waals surface area contributed by atoms with E-state index < -0.39 is 0 Å². The van der Waals surface area contributed by atoms with Crippen molar-refractivity contribution in [1.82, 2.24) is 9.55 Å². The fourth-order valence-electron chi connectivity index (χ4n) is 3.35. The molecule has 0 bridgehead atoms. The maximum atomic E-state index is 13.3. The smallest absolute Gasteiger partial charge is 0.263 e. The molecule has 0 unspecified atom stereocenters. The highest BCUT2D eigenvalue weighted by atomic mass is 32.1. The Morgan fingerprint density at radius 2 is 1.89 bits per heavy atom. The Balaban J connectivity index is 1.83. The number of rotatable bonds is 4. The first kappa shape index (κ1) is 18.8. The van der Waals surface area contributed by atoms with Gasteiger partial charge in [-0.25, -0.2) is 4.98 Å². The largest absolute Gasteiger partial charge is 0.292 e. The van der Waals surface area contributed by atoms with Gasteiger partial charge in [-0.15, -0.1) is 22.7 Å². The van der Waals surface area contributed by atoms with Gasteiger partial charge in [-0.1, -0.05) is 18.2 Å². The summed E-state index contributed by atoms with van der Waals surface area (Å²) < 4.78 is 1.50. The number of hydrogen-bond donors (Lipinski definition) is 0. The molecule has 4 aromatic rings. The number of aryl methyl sites for hydroxylation is 4. The van der Waals surface area contributed by atoms with Crippen LogP contribution >= 0.6 is 22.7 Å². The third-order valence-electron chi connectivity index (χ3n) is 5.08. The SMILES string of the molecule is Cc1ccc(C(=O)Cn2c(C)nc3sc(C)c(-c4cccs4)c3c2=O)cc1C. The number of carbonyl (C=O) groups is 1. The maximum absolute atomic E-state index is 13.3. The van der Waals surface area contributed by atoms with E-state index in [1.807, 2.05) is 56.5 Å². The summed E-state index contributed by atoms with van der Waals surface area (Å²) in [5.74, 6) is 0.479. The Hall–Kier alpha value is -2.57. The minimum absolute atomic E-state index is 0.00508. The van der Waals surface area contributed by atoms with Gasteiger partial charge in [-0.2, -0.15) is 0 Å². The van der Waals surface area contributed by atoms with Gasteiger partial charge in [-0.05, 0) is 56.3 Å². The minimum Gasteiger partial charge on any atom is -0.292 e. The van der Waals surface area contributed by atoms with E-state index in [0.29, 0.717) is 16.8 Å². The van der Waals surface area contributed by atoms with Crippen LogP contribution in [0, 0.1) is 27.7 Å². The molecule has 0 aliphatic heterocycles. The van der Waals surface area contributed by atoms with Gasteiger partial charge in [0.25, 0.3) is 5.56 Å². The number of nitrogens with zero attached hydrogens (tertiary/aromatic N) is 2. The highest BCUT2D eigenvalue weighted by molar-refractivity contribution is 7.20. The number of benzene rings is 1. The average molecular weight is 409 g/mol. The molecule has 6 heteroatoms. The van der Waals surface area contributed by atoms with Crippen LogP contribution in [0.4, 0.5) is 0 Å². The fraction of sp³-hybridized carbons (Fsp3) is 0.227. The van der Waals surface area contributed by atoms with Crippen LogP contribution in [0.2, 0.25) is 0 Å². The normalized spacial score (nSPS) is 11.3. The van der Waals surface area contributed by atoms with Crippen molar-refractivity contribution in [3.05, 3.63) is 73.5 Å². The van der Waals surface area contributed by atoms with Crippen molar-refractivity contribution in [2.24, 2.45) is 0 Å². The van der Waals surface area contributed by atoms with Crippen molar-refractivity contribution >= 4 is 38.7 Å². The molecule has 0 spiro atoms. The van der Waals surface area contributed by atoms with E-state index in [9.17, 15) is 9.59 Å². The van der Waals surface area contributed by atoms with Gasteiger partial charge >= 0.3 is 0 Å². The molecule has 4 nitrogen and oxygen atoms in total. The number of thiophene rings is 2. The van der Waals surface area contributed by atoms with Gasteiger partial charge in [0.15, 0.2) is 5.78 Å². The predicted octanol–water partition coefficient (Wildman–Crippen LogP) is 5.30. The molecular formula is C22H20N2O2S2. The first-order chi connectivity index (χ1) is 13.4. The molecule has 4 rings (SSSR count). The molecule has 0 amide bonds. The van der Waals surface area contributed by atoms with Crippen LogP contribution in [0.25, 0.3) is 20.7 Å². The van der Waals surface area contributed by atoms with E-state index in [1.165, 1.54) is 15.9 Å². The van der Waals surface area contributed by atoms with E-state index in [2.05, 4.69) is 4.98 Å². The number of fused-ring (bicyclic) bond motifs is 1. The van der Waals surface area contributed by atoms with Crippen molar-refractivity contribution in [1.29, 1.82) is 0 Å². The second-order valence-corrected chi connectivity index (χ2v) is 9.11. The second kappa shape index (κ2) is 7.11. The first-order valence-corrected chi connectivity index (χ1v) is 10.7. The zero-order valence-corrected chi connectivity index (χ0v) is 17.8. The molecule has 0 N–H and O–H groups in total. The summed E-state index contributed by atoms with van der Waals surface area (Å²) in [5, 5.41) is 2.62. The van der Waals surface area contributed by atoms with Crippen molar-refractivity contribution in [3.8, 4) is 10.4 Å². The van der Waals surface area contributed by atoms with E-state index in [1.54, 1.807) is 18.3 Å². The number of hydrogen-bond acceptors (Lipinski definition) is 5. The second-order valence-electron chi connectivity index (χ2n) is 6.96. The van der Waals surface area contributed by atoms with Crippen LogP contribution in [0.1, 0.15) is 32.2 Å². The summed E-state index contributed by atoms with van der Waals surface area (Å²) in [6.45, 7) is 7.80. The summed E-state index contributed by atoms with van der Waals surface area (Å²) in [5.41, 5.74) is 3.63. The van der Waals surface area contributed by atoms with Gasteiger partial charge < -0.3 is 0 Å². The molecule has 0 radical (unpaired) electrons. The van der Waals surface area contributed by atoms with Crippen molar-refractivity contribution < 1.29 is 4.79 Å². The highest BCUT2D eigenvalue weighted by Gasteiger charge is 2.20. The lowest BCUT2D eigenvalue weighted by molar-refractivity contribution is 0.0969. The van der Waals surface area contributed by atoms with Crippen LogP contribution in [-0.2, 0) is 6.54 Å². The lowest BCUT2D eigenvalue weighted by atomic mass is 10.0. The molecule has 0 fully saturated rings. The molecular weight excluding hydrogens is 388 g/mol. The summed E-state index contributed by atoms with van der Waals surface area (Å²) in [6.07, 6.45) is 0. The van der Waals surface area contributed by atoms with Crippen LogP contribution in [-0.4, -0.2) is 15.3 Å². The topological polar surface area (TPSA) is 52.0 Å². The number of Topliss-reactive ketones (excluding diaryl/α,β-unsaturated/α-hetero) is 1. The van der Waals surface area contributed by atoms with Crippen LogP contribution < -0.4 is 5.56 Å². The predicted molar refractivity (Wildman–Crippen MR) is 117 cm³/mol. The summed E-state index contributed by atoms with van der Waals surface area (Å²) >= 11 is 3.14. The van der Waals surface area contributed by atoms with Gasteiger partial charge in [-0.3, -0.25) is 14.2 Å². The maximum Gasteiger partial charge on any atom is 0.263 e. The quantitative estimate of drug-likeness (QED) is 0.430. The van der Waals surface area contributed by atoms with Crippen molar-refractivity contribution in [2.45, 2.75) is 34.2 Å². The van der Waals surface area contributed by atoms with Crippen molar-refractivity contribution in [3.63, 3.8) is 0 Å². The molecule has 1 aromatic carbocycles. The summed E-state index contributed by atoms with van der Waals surface area (Å²) in [4.78, 5) is 33.7. The molecule has 0 aliphatic carbocycles. The molecule has 142 valence electrons. The zero-order chi connectivity index (χ0) is 20.0. The van der Waals surface area contributed by atoms with Gasteiger partial charge in [0, 0.05) is 20.9 Å². The van der Waals surface area contributed by atoms with E-state index in [0.717, 1.165) is 31.3 Å². The third kappa shape index (κ3) is 3.12. The van der Waals surface area contributed by atoms with E-state index in [4.69, 9.17) is 0 Å². The van der Waals surface area contributed by atoms with Crippen LogP contribution in [0.5, 0.6) is 0 Å². The number of ketones is 1. The zero-order valence-electron chi connectivity index (χ0n) is 16.2. The van der Waals surface area contributed by atoms with Gasteiger partial charge in [0.1, 0.15) is 10.7 Å². The standard InChI is InChI=1S/C22H20N2O2S2/c1-12-7-8-16(10-13(12)2)17(25)11-24-15(4)23-21-20(22(24)26)19(14(3)28-21)18-6-5-9-27-18/h5-10H,11H2,1-4H3. The molecule has 3 heterocycles. The highest BCUT2D eigenvalue weighted by Crippen LogP contribution is 2.37. The minimum atomic E-state index is -0.146. The van der Waals surface area contributed by atoms with E-state index >= 15 is 0 Å². The Morgan fingerprint density at radius 1 is 1.11 bits per heavy atom. The number of aromatic nitrogens is 2. The Bertz CT molecular complexity index is 1260. The molecule has 0 saturated carbocycles. The van der Waals surface area contributed by atoms with Gasteiger partial charge in [0.05, 0.1) is 11.9 Å². The molecule has 0 atom stereocenters. The molecule has 0 saturated heterocycles. The lowest BCUT2D eigenvalue weighted by Crippen LogP contribution is -2.27. The Labute approximate surface area is 171 Å². The molecule has 3 aromatic heterocycles. The summed E-state index contributed by atoms with van der Waals surface area (Å²) in [6, 6.07) is 9.64. The molecule has 0 aliphatic rings. The third-order valence-corrected chi connectivity index (χ3v) is 6.96. The molecule has 28 heavy (non-hydrogen) atoms. The van der Waals surface area contributed by atoms with Gasteiger partial charge in [0.2, 0.25) is 0 Å². The Morgan fingerprint density at radius 3 is 2.57 bits per heavy atom. The van der Waals surface area contributed by atoms with Crippen molar-refractivity contribution in [2.75, 3.05) is 0 Å². The first-order valence-electron chi connectivity index (χ1n) is 9.01. The summed E-state index contributed by atoms with van der Waals surface area (Å²) in [7, 11) is 0. The Kier molecular flexibility index (Phi) is 4.77.